The number of hydrogen-bond donors (Lipinski definition) is 2. The second kappa shape index (κ2) is 8.81. The van der Waals surface area contributed by atoms with Gasteiger partial charge in [-0.25, -0.2) is 17.5 Å². The molecule has 0 aliphatic heterocycles. The van der Waals surface area contributed by atoms with E-state index in [2.05, 4.69) is 10.0 Å². The molecule has 0 saturated heterocycles. The molecule has 0 spiro atoms. The molecule has 0 fully saturated rings. The van der Waals surface area contributed by atoms with Crippen LogP contribution >= 0.6 is 0 Å². The fourth-order valence-corrected chi connectivity index (χ4v) is 4.08. The third kappa shape index (κ3) is 4.95. The minimum Gasteiger partial charge on any atom is -0.348 e. The van der Waals surface area contributed by atoms with Gasteiger partial charge in [0.25, 0.3) is 5.91 Å². The van der Waals surface area contributed by atoms with Crippen molar-refractivity contribution in [3.63, 3.8) is 0 Å². The van der Waals surface area contributed by atoms with Gasteiger partial charge >= 0.3 is 0 Å². The molecule has 0 saturated carbocycles. The van der Waals surface area contributed by atoms with Crippen molar-refractivity contribution in [2.75, 3.05) is 7.05 Å². The fourth-order valence-electron chi connectivity index (χ4n) is 3.30. The van der Waals surface area contributed by atoms with Gasteiger partial charge in [-0.3, -0.25) is 4.79 Å². The average molecular weight is 430 g/mol. The number of carbonyl (C=O) groups excluding carboxylic acids is 1. The summed E-state index contributed by atoms with van der Waals surface area (Å²) in [5, 5.41) is 2.89. The molecule has 0 bridgehead atoms. The van der Waals surface area contributed by atoms with Gasteiger partial charge in [0.1, 0.15) is 5.82 Å². The Kier molecular flexibility index (Phi) is 6.38. The van der Waals surface area contributed by atoms with Crippen LogP contribution in [-0.2, 0) is 22.3 Å². The first kappa shape index (κ1) is 21.7. The van der Waals surface area contributed by atoms with Crippen LogP contribution in [-0.4, -0.2) is 25.9 Å². The van der Waals surface area contributed by atoms with E-state index < -0.39 is 10.0 Å². The van der Waals surface area contributed by atoms with E-state index in [1.54, 1.807) is 42.5 Å². The molecule has 0 aliphatic rings. The summed E-state index contributed by atoms with van der Waals surface area (Å²) >= 11 is 0. The van der Waals surface area contributed by atoms with E-state index in [-0.39, 0.29) is 17.5 Å². The van der Waals surface area contributed by atoms with Crippen LogP contribution in [0.3, 0.4) is 0 Å². The number of halogens is 1. The van der Waals surface area contributed by atoms with Crippen molar-refractivity contribution in [3.05, 3.63) is 88.5 Å². The van der Waals surface area contributed by atoms with Crippen LogP contribution in [0.5, 0.6) is 0 Å². The molecule has 2 aromatic carbocycles. The third-order valence-electron chi connectivity index (χ3n) is 4.90. The first-order chi connectivity index (χ1) is 14.2. The number of nitrogens with one attached hydrogen (secondary N) is 2. The number of aromatic nitrogens is 1. The maximum absolute atomic E-state index is 13.2. The molecule has 1 heterocycles. The summed E-state index contributed by atoms with van der Waals surface area (Å²) in [6.45, 7) is 4.06. The van der Waals surface area contributed by atoms with Crippen molar-refractivity contribution in [2.45, 2.75) is 26.1 Å². The van der Waals surface area contributed by atoms with Crippen molar-refractivity contribution in [1.82, 2.24) is 14.6 Å². The molecule has 3 aromatic rings. The topological polar surface area (TPSA) is 80.2 Å². The maximum atomic E-state index is 13.2. The summed E-state index contributed by atoms with van der Waals surface area (Å²) in [5.74, 6) is -0.613. The number of hydrogen-bond acceptors (Lipinski definition) is 3. The summed E-state index contributed by atoms with van der Waals surface area (Å²) in [4.78, 5) is 12.7. The van der Waals surface area contributed by atoms with Gasteiger partial charge in [0.2, 0.25) is 10.0 Å². The number of nitrogens with zero attached hydrogens (tertiary/aromatic N) is 1. The molecule has 1 aromatic heterocycles. The Morgan fingerprint density at radius 3 is 2.20 bits per heavy atom. The zero-order valence-corrected chi connectivity index (χ0v) is 17.9. The Bertz CT molecular complexity index is 1150. The van der Waals surface area contributed by atoms with Gasteiger partial charge < -0.3 is 9.88 Å². The summed E-state index contributed by atoms with van der Waals surface area (Å²) in [7, 11) is -1.94. The highest BCUT2D eigenvalue weighted by Gasteiger charge is 2.16. The van der Waals surface area contributed by atoms with Crippen LogP contribution in [0.4, 0.5) is 4.39 Å². The number of rotatable bonds is 7. The predicted octanol–water partition coefficient (Wildman–Crippen LogP) is 3.21. The zero-order chi connectivity index (χ0) is 21.9. The van der Waals surface area contributed by atoms with E-state index in [1.165, 1.54) is 19.2 Å². The lowest BCUT2D eigenvalue weighted by molar-refractivity contribution is 0.0950. The average Bonchev–Trinajstić information content (AvgIpc) is 3.02. The monoisotopic (exact) mass is 429 g/mol. The zero-order valence-electron chi connectivity index (χ0n) is 17.1. The van der Waals surface area contributed by atoms with Crippen molar-refractivity contribution in [1.29, 1.82) is 0 Å². The minimum atomic E-state index is -3.32. The predicted molar refractivity (Wildman–Crippen MR) is 114 cm³/mol. The van der Waals surface area contributed by atoms with Gasteiger partial charge in [-0.1, -0.05) is 24.3 Å². The SMILES string of the molecule is CNS(=O)(=O)Cc1ccc(CNC(=O)c2cc(C)n(-c3ccc(F)cc3)c2C)cc1. The Labute approximate surface area is 175 Å². The fraction of sp³-hybridized carbons (Fsp3) is 0.227. The maximum Gasteiger partial charge on any atom is 0.253 e. The van der Waals surface area contributed by atoms with Crippen molar-refractivity contribution in [2.24, 2.45) is 0 Å². The molecule has 3 rings (SSSR count). The smallest absolute Gasteiger partial charge is 0.253 e. The van der Waals surface area contributed by atoms with Crippen molar-refractivity contribution in [3.8, 4) is 5.69 Å². The molecule has 8 heteroatoms. The molecular weight excluding hydrogens is 405 g/mol. The Morgan fingerprint density at radius 1 is 1.00 bits per heavy atom. The molecule has 1 amide bonds. The first-order valence-corrected chi connectivity index (χ1v) is 11.1. The van der Waals surface area contributed by atoms with E-state index >= 15 is 0 Å². The van der Waals surface area contributed by atoms with Crippen LogP contribution < -0.4 is 10.0 Å². The van der Waals surface area contributed by atoms with E-state index in [0.717, 1.165) is 22.6 Å². The molecule has 0 atom stereocenters. The summed E-state index contributed by atoms with van der Waals surface area (Å²) in [6, 6.07) is 15.0. The van der Waals surface area contributed by atoms with Crippen molar-refractivity contribution < 1.29 is 17.6 Å². The van der Waals surface area contributed by atoms with Gasteiger partial charge in [0, 0.05) is 23.6 Å². The van der Waals surface area contributed by atoms with E-state index in [9.17, 15) is 17.6 Å². The number of sulfonamides is 1. The number of aryl methyl sites for hydroxylation is 1. The molecule has 0 unspecified atom stereocenters. The highest BCUT2D eigenvalue weighted by molar-refractivity contribution is 7.88. The van der Waals surface area contributed by atoms with E-state index in [0.29, 0.717) is 17.7 Å². The quantitative estimate of drug-likeness (QED) is 0.605. The lowest BCUT2D eigenvalue weighted by Gasteiger charge is -2.10. The van der Waals surface area contributed by atoms with Gasteiger partial charge in [-0.05, 0) is 62.4 Å². The highest BCUT2D eigenvalue weighted by Crippen LogP contribution is 2.21. The standard InChI is InChI=1S/C22H24FN3O3S/c1-15-12-21(16(2)26(15)20-10-8-19(23)9-11-20)22(27)25-13-17-4-6-18(7-5-17)14-30(28,29)24-3/h4-12,24H,13-14H2,1-3H3,(H,25,27). The molecule has 6 nitrogen and oxygen atoms in total. The Balaban J connectivity index is 1.70. The Morgan fingerprint density at radius 2 is 1.60 bits per heavy atom. The molecule has 30 heavy (non-hydrogen) atoms. The largest absolute Gasteiger partial charge is 0.348 e. The molecule has 0 aliphatic carbocycles. The first-order valence-electron chi connectivity index (χ1n) is 9.42. The number of amides is 1. The van der Waals surface area contributed by atoms with Crippen molar-refractivity contribution >= 4 is 15.9 Å². The number of benzene rings is 2. The van der Waals surface area contributed by atoms with Gasteiger partial charge in [-0.2, -0.15) is 0 Å². The van der Waals surface area contributed by atoms with Crippen LogP contribution in [0.25, 0.3) is 5.69 Å². The molecule has 158 valence electrons. The highest BCUT2D eigenvalue weighted by atomic mass is 32.2. The lowest BCUT2D eigenvalue weighted by atomic mass is 10.1. The molecule has 2 N–H and O–H groups in total. The second-order valence-corrected chi connectivity index (χ2v) is 8.99. The molecule has 0 radical (unpaired) electrons. The van der Waals surface area contributed by atoms with E-state index in [4.69, 9.17) is 0 Å². The second-order valence-electron chi connectivity index (χ2n) is 7.06. The normalized spacial score (nSPS) is 11.5. The van der Waals surface area contributed by atoms with Crippen LogP contribution in [0.1, 0.15) is 32.9 Å². The summed E-state index contributed by atoms with van der Waals surface area (Å²) in [5.41, 5.74) is 4.51. The van der Waals surface area contributed by atoms with Crippen LogP contribution in [0.2, 0.25) is 0 Å². The third-order valence-corrected chi connectivity index (χ3v) is 6.24. The summed E-state index contributed by atoms with van der Waals surface area (Å²) < 4.78 is 40.6. The van der Waals surface area contributed by atoms with E-state index in [1.807, 2.05) is 18.4 Å². The Hall–Kier alpha value is -2.97. The minimum absolute atomic E-state index is 0.0918. The van der Waals surface area contributed by atoms with Crippen LogP contribution in [0.15, 0.2) is 54.6 Å². The molecular formula is C22H24FN3O3S. The van der Waals surface area contributed by atoms with Gasteiger partial charge in [-0.15, -0.1) is 0 Å². The van der Waals surface area contributed by atoms with Crippen LogP contribution in [0, 0.1) is 19.7 Å². The summed E-state index contributed by atoms with van der Waals surface area (Å²) in [6.07, 6.45) is 0. The van der Waals surface area contributed by atoms with Gasteiger partial charge in [0.15, 0.2) is 0 Å². The number of carbonyl (C=O) groups is 1. The van der Waals surface area contributed by atoms with Gasteiger partial charge in [0.05, 0.1) is 11.3 Å². The lowest BCUT2D eigenvalue weighted by Crippen LogP contribution is -2.23.